The SMILES string of the molecule is NC(=O)SCC(Cc1ccccc1)NC(=O)O. The van der Waals surface area contributed by atoms with Crippen LogP contribution in [0.3, 0.4) is 0 Å². The fraction of sp³-hybridized carbons (Fsp3) is 0.273. The van der Waals surface area contributed by atoms with Gasteiger partial charge in [-0.3, -0.25) is 4.79 Å². The van der Waals surface area contributed by atoms with Gasteiger partial charge in [0.25, 0.3) is 5.24 Å². The average Bonchev–Trinajstić information content (AvgIpc) is 2.26. The molecule has 0 aliphatic rings. The van der Waals surface area contributed by atoms with Crippen molar-refractivity contribution in [2.45, 2.75) is 12.5 Å². The standard InChI is InChI=1S/C11H14N2O3S/c12-10(14)17-7-9(13-11(15)16)6-8-4-2-1-3-5-8/h1-5,9,13H,6-7H2,(H2,12,14)(H,15,16). The minimum absolute atomic E-state index is 0.326. The molecule has 0 saturated carbocycles. The third-order valence-electron chi connectivity index (χ3n) is 2.08. The first-order valence-corrected chi connectivity index (χ1v) is 6.02. The van der Waals surface area contributed by atoms with Crippen LogP contribution >= 0.6 is 11.8 Å². The molecular weight excluding hydrogens is 240 g/mol. The van der Waals surface area contributed by atoms with Crippen LogP contribution in [0.4, 0.5) is 9.59 Å². The van der Waals surface area contributed by atoms with Gasteiger partial charge in [-0.05, 0) is 12.0 Å². The third-order valence-corrected chi connectivity index (χ3v) is 2.93. The molecule has 0 aromatic heterocycles. The van der Waals surface area contributed by atoms with Gasteiger partial charge in [0.15, 0.2) is 0 Å². The Morgan fingerprint density at radius 3 is 2.53 bits per heavy atom. The van der Waals surface area contributed by atoms with Crippen molar-refractivity contribution in [3.8, 4) is 0 Å². The molecular formula is C11H14N2O3S. The highest BCUT2D eigenvalue weighted by Crippen LogP contribution is 2.09. The Hall–Kier alpha value is -1.69. The van der Waals surface area contributed by atoms with E-state index in [9.17, 15) is 9.59 Å². The topological polar surface area (TPSA) is 92.4 Å². The number of rotatable bonds is 5. The second-order valence-electron chi connectivity index (χ2n) is 3.47. The molecule has 1 atom stereocenters. The Kier molecular flexibility index (Phi) is 5.35. The zero-order valence-corrected chi connectivity index (χ0v) is 9.94. The number of carboxylic acid groups (broad SMARTS) is 1. The minimum Gasteiger partial charge on any atom is -0.465 e. The van der Waals surface area contributed by atoms with Crippen LogP contribution in [0.5, 0.6) is 0 Å². The molecule has 0 aliphatic carbocycles. The number of nitrogens with one attached hydrogen (secondary N) is 1. The van der Waals surface area contributed by atoms with Gasteiger partial charge >= 0.3 is 6.09 Å². The quantitative estimate of drug-likeness (QED) is 0.745. The number of nitrogens with two attached hydrogens (primary N) is 1. The summed E-state index contributed by atoms with van der Waals surface area (Å²) in [5, 5.41) is 10.6. The van der Waals surface area contributed by atoms with E-state index >= 15 is 0 Å². The molecule has 0 spiro atoms. The lowest BCUT2D eigenvalue weighted by atomic mass is 10.1. The van der Waals surface area contributed by atoms with E-state index in [0.29, 0.717) is 12.2 Å². The van der Waals surface area contributed by atoms with E-state index in [0.717, 1.165) is 17.3 Å². The molecule has 0 fully saturated rings. The van der Waals surface area contributed by atoms with Crippen LogP contribution < -0.4 is 11.1 Å². The van der Waals surface area contributed by atoms with Gasteiger partial charge < -0.3 is 16.2 Å². The molecule has 1 aromatic carbocycles. The van der Waals surface area contributed by atoms with Gasteiger partial charge in [-0.15, -0.1) is 0 Å². The molecule has 92 valence electrons. The predicted molar refractivity (Wildman–Crippen MR) is 67.1 cm³/mol. The number of carbonyl (C=O) groups excluding carboxylic acids is 1. The maximum atomic E-state index is 10.7. The molecule has 6 heteroatoms. The molecule has 4 N–H and O–H groups in total. The summed E-state index contributed by atoms with van der Waals surface area (Å²) in [4.78, 5) is 21.3. The first-order valence-electron chi connectivity index (χ1n) is 5.03. The van der Waals surface area contributed by atoms with E-state index in [4.69, 9.17) is 10.8 Å². The zero-order valence-electron chi connectivity index (χ0n) is 9.13. The maximum absolute atomic E-state index is 10.7. The third kappa shape index (κ3) is 5.82. The normalized spacial score (nSPS) is 11.8. The van der Waals surface area contributed by atoms with Gasteiger partial charge in [0, 0.05) is 11.8 Å². The number of primary amides is 1. The maximum Gasteiger partial charge on any atom is 0.404 e. The summed E-state index contributed by atoms with van der Waals surface area (Å²) in [5.41, 5.74) is 6.02. The molecule has 17 heavy (non-hydrogen) atoms. The summed E-state index contributed by atoms with van der Waals surface area (Å²) in [6.45, 7) is 0. The minimum atomic E-state index is -1.10. The van der Waals surface area contributed by atoms with Crippen molar-refractivity contribution in [2.75, 3.05) is 5.75 Å². The van der Waals surface area contributed by atoms with E-state index < -0.39 is 11.3 Å². The zero-order chi connectivity index (χ0) is 12.7. The molecule has 0 radical (unpaired) electrons. The van der Waals surface area contributed by atoms with E-state index in [1.165, 1.54) is 0 Å². The van der Waals surface area contributed by atoms with Gasteiger partial charge in [-0.25, -0.2) is 4.79 Å². The second-order valence-corrected chi connectivity index (χ2v) is 4.49. The van der Waals surface area contributed by atoms with Gasteiger partial charge in [0.1, 0.15) is 0 Å². The van der Waals surface area contributed by atoms with E-state index in [1.807, 2.05) is 30.3 Å². The molecule has 1 aromatic rings. The highest BCUT2D eigenvalue weighted by atomic mass is 32.2. The van der Waals surface area contributed by atoms with Crippen molar-refractivity contribution in [1.29, 1.82) is 0 Å². The second kappa shape index (κ2) is 6.80. The van der Waals surface area contributed by atoms with Crippen molar-refractivity contribution in [3.63, 3.8) is 0 Å². The largest absolute Gasteiger partial charge is 0.465 e. The van der Waals surface area contributed by atoms with E-state index in [-0.39, 0.29) is 6.04 Å². The Morgan fingerprint density at radius 1 is 1.35 bits per heavy atom. The van der Waals surface area contributed by atoms with Crippen molar-refractivity contribution in [2.24, 2.45) is 5.73 Å². The molecule has 2 amide bonds. The number of thioether (sulfide) groups is 1. The van der Waals surface area contributed by atoms with Crippen LogP contribution in [-0.4, -0.2) is 28.2 Å². The summed E-state index contributed by atoms with van der Waals surface area (Å²) in [5.74, 6) is 0.330. The van der Waals surface area contributed by atoms with Gasteiger partial charge in [0.2, 0.25) is 0 Å². The van der Waals surface area contributed by atoms with Gasteiger partial charge in [-0.2, -0.15) is 0 Å². The number of hydrogen-bond donors (Lipinski definition) is 3. The van der Waals surface area contributed by atoms with Crippen molar-refractivity contribution < 1.29 is 14.7 Å². The highest BCUT2D eigenvalue weighted by Gasteiger charge is 2.13. The van der Waals surface area contributed by atoms with Crippen molar-refractivity contribution in [3.05, 3.63) is 35.9 Å². The van der Waals surface area contributed by atoms with E-state index in [2.05, 4.69) is 5.32 Å². The lowest BCUT2D eigenvalue weighted by Crippen LogP contribution is -2.37. The molecule has 0 saturated heterocycles. The number of amides is 2. The van der Waals surface area contributed by atoms with Crippen LogP contribution in [0.25, 0.3) is 0 Å². The van der Waals surface area contributed by atoms with Crippen LogP contribution in [0, 0.1) is 0 Å². The van der Waals surface area contributed by atoms with Crippen LogP contribution in [-0.2, 0) is 6.42 Å². The van der Waals surface area contributed by atoms with Crippen LogP contribution in [0.2, 0.25) is 0 Å². The van der Waals surface area contributed by atoms with Crippen molar-refractivity contribution >= 4 is 23.1 Å². The van der Waals surface area contributed by atoms with Crippen LogP contribution in [0.15, 0.2) is 30.3 Å². The lowest BCUT2D eigenvalue weighted by molar-refractivity contribution is 0.191. The predicted octanol–water partition coefficient (Wildman–Crippen LogP) is 1.68. The summed E-state index contributed by atoms with van der Waals surface area (Å²) in [7, 11) is 0. The summed E-state index contributed by atoms with van der Waals surface area (Å²) < 4.78 is 0. The van der Waals surface area contributed by atoms with Gasteiger partial charge in [0.05, 0.1) is 0 Å². The Bertz CT molecular complexity index is 384. The molecule has 5 nitrogen and oxygen atoms in total. The smallest absolute Gasteiger partial charge is 0.404 e. The number of benzene rings is 1. The monoisotopic (exact) mass is 254 g/mol. The molecule has 1 unspecified atom stereocenters. The first-order chi connectivity index (χ1) is 8.08. The highest BCUT2D eigenvalue weighted by molar-refractivity contribution is 8.13. The van der Waals surface area contributed by atoms with Gasteiger partial charge in [-0.1, -0.05) is 42.1 Å². The van der Waals surface area contributed by atoms with Crippen molar-refractivity contribution in [1.82, 2.24) is 5.32 Å². The fourth-order valence-electron chi connectivity index (χ4n) is 1.41. The number of carbonyl (C=O) groups is 2. The molecule has 0 heterocycles. The number of hydrogen-bond acceptors (Lipinski definition) is 3. The average molecular weight is 254 g/mol. The fourth-order valence-corrected chi connectivity index (χ4v) is 1.97. The summed E-state index contributed by atoms with van der Waals surface area (Å²) in [6.07, 6.45) is -0.566. The van der Waals surface area contributed by atoms with Crippen LogP contribution in [0.1, 0.15) is 5.56 Å². The van der Waals surface area contributed by atoms with E-state index in [1.54, 1.807) is 0 Å². The molecule has 1 rings (SSSR count). The lowest BCUT2D eigenvalue weighted by Gasteiger charge is -2.15. The molecule has 0 bridgehead atoms. The Balaban J connectivity index is 2.56. The molecule has 0 aliphatic heterocycles. The summed E-state index contributed by atoms with van der Waals surface area (Å²) >= 11 is 0.914. The Morgan fingerprint density at radius 2 is 2.00 bits per heavy atom. The summed E-state index contributed by atoms with van der Waals surface area (Å²) in [6, 6.07) is 9.15. The Labute approximate surface area is 103 Å². The first kappa shape index (κ1) is 13.4.